The van der Waals surface area contributed by atoms with E-state index in [1.807, 2.05) is 19.9 Å². The Hall–Kier alpha value is -2.16. The van der Waals surface area contributed by atoms with Gasteiger partial charge in [-0.25, -0.2) is 0 Å². The number of phenolic OH excluding ortho intramolecular Hbond substituents is 3. The normalized spacial score (nSPS) is 10.8. The third-order valence-electron chi connectivity index (χ3n) is 3.94. The summed E-state index contributed by atoms with van der Waals surface area (Å²) >= 11 is 0. The Bertz CT molecular complexity index is 660. The second kappa shape index (κ2) is 6.08. The zero-order valence-electron chi connectivity index (χ0n) is 12.8. The summed E-state index contributed by atoms with van der Waals surface area (Å²) in [5.41, 5.74) is 4.78. The van der Waals surface area contributed by atoms with Crippen LogP contribution in [0.1, 0.15) is 37.5 Å². The van der Waals surface area contributed by atoms with E-state index < -0.39 is 0 Å². The standard InChI is InChI=1S/C18H22O3/c1-4-11-9-12(5-2)18(21)14(6-3)17(11)13-7-8-15(19)16(20)10-13/h7-10,19-21H,4-6H2,1-3H3. The quantitative estimate of drug-likeness (QED) is 0.740. The summed E-state index contributed by atoms with van der Waals surface area (Å²) < 4.78 is 0. The number of rotatable bonds is 4. The minimum absolute atomic E-state index is 0.135. The molecule has 0 aromatic heterocycles. The molecule has 2 aromatic carbocycles. The summed E-state index contributed by atoms with van der Waals surface area (Å²) in [5.74, 6) is 0.0691. The smallest absolute Gasteiger partial charge is 0.158 e. The minimum Gasteiger partial charge on any atom is -0.507 e. The predicted octanol–water partition coefficient (Wildman–Crippen LogP) is 4.16. The van der Waals surface area contributed by atoms with E-state index in [9.17, 15) is 15.3 Å². The predicted molar refractivity (Wildman–Crippen MR) is 85.0 cm³/mol. The van der Waals surface area contributed by atoms with E-state index in [1.165, 1.54) is 6.07 Å². The molecule has 0 bridgehead atoms. The van der Waals surface area contributed by atoms with Crippen LogP contribution in [0.2, 0.25) is 0 Å². The Balaban J connectivity index is 2.76. The fourth-order valence-electron chi connectivity index (χ4n) is 2.79. The molecule has 21 heavy (non-hydrogen) atoms. The van der Waals surface area contributed by atoms with E-state index in [0.29, 0.717) is 12.2 Å². The molecule has 2 rings (SSSR count). The lowest BCUT2D eigenvalue weighted by molar-refractivity contribution is 0.404. The first-order chi connectivity index (χ1) is 10.0. The average molecular weight is 286 g/mol. The van der Waals surface area contributed by atoms with Crippen LogP contribution < -0.4 is 0 Å². The molecule has 0 aliphatic carbocycles. The summed E-state index contributed by atoms with van der Waals surface area (Å²) in [5, 5.41) is 29.7. The molecule has 2 aromatic rings. The molecule has 0 spiro atoms. The van der Waals surface area contributed by atoms with Crippen molar-refractivity contribution in [2.24, 2.45) is 0 Å². The van der Waals surface area contributed by atoms with Crippen LogP contribution in [0, 0.1) is 0 Å². The molecule has 0 aliphatic rings. The molecule has 3 nitrogen and oxygen atoms in total. The van der Waals surface area contributed by atoms with Crippen molar-refractivity contribution in [3.63, 3.8) is 0 Å². The minimum atomic E-state index is -0.143. The average Bonchev–Trinajstić information content (AvgIpc) is 2.49. The number of benzene rings is 2. The van der Waals surface area contributed by atoms with E-state index in [4.69, 9.17) is 0 Å². The van der Waals surface area contributed by atoms with Gasteiger partial charge < -0.3 is 15.3 Å². The van der Waals surface area contributed by atoms with Crippen molar-refractivity contribution in [2.75, 3.05) is 0 Å². The van der Waals surface area contributed by atoms with Gasteiger partial charge in [-0.2, -0.15) is 0 Å². The molecule has 0 radical (unpaired) electrons. The van der Waals surface area contributed by atoms with Crippen molar-refractivity contribution in [1.82, 2.24) is 0 Å². The zero-order chi connectivity index (χ0) is 15.6. The van der Waals surface area contributed by atoms with Crippen molar-refractivity contribution in [1.29, 1.82) is 0 Å². The molecule has 3 heteroatoms. The molecule has 0 saturated heterocycles. The largest absolute Gasteiger partial charge is 0.507 e. The lowest BCUT2D eigenvalue weighted by Crippen LogP contribution is -1.99. The lowest BCUT2D eigenvalue weighted by Gasteiger charge is -2.18. The fraction of sp³-hybridized carbons (Fsp3) is 0.333. The van der Waals surface area contributed by atoms with Gasteiger partial charge in [0.05, 0.1) is 0 Å². The number of phenols is 3. The van der Waals surface area contributed by atoms with Gasteiger partial charge in [0.1, 0.15) is 5.75 Å². The van der Waals surface area contributed by atoms with Gasteiger partial charge in [0.2, 0.25) is 0 Å². The van der Waals surface area contributed by atoms with E-state index in [-0.39, 0.29) is 11.5 Å². The monoisotopic (exact) mass is 286 g/mol. The second-order valence-electron chi connectivity index (χ2n) is 5.16. The molecule has 0 atom stereocenters. The maximum atomic E-state index is 10.5. The van der Waals surface area contributed by atoms with Crippen LogP contribution in [-0.2, 0) is 19.3 Å². The number of aromatic hydroxyl groups is 3. The van der Waals surface area contributed by atoms with Gasteiger partial charge in [-0.3, -0.25) is 0 Å². The molecular weight excluding hydrogens is 264 g/mol. The molecule has 0 heterocycles. The van der Waals surface area contributed by atoms with Crippen molar-refractivity contribution in [2.45, 2.75) is 40.0 Å². The number of aryl methyl sites for hydroxylation is 2. The molecular formula is C18H22O3. The fourth-order valence-corrected chi connectivity index (χ4v) is 2.79. The SMILES string of the molecule is CCc1cc(CC)c(-c2ccc(O)c(O)c2)c(CC)c1O. The van der Waals surface area contributed by atoms with E-state index in [1.54, 1.807) is 12.1 Å². The summed E-state index contributed by atoms with van der Waals surface area (Å²) in [4.78, 5) is 0. The van der Waals surface area contributed by atoms with Crippen molar-refractivity contribution >= 4 is 0 Å². The topological polar surface area (TPSA) is 60.7 Å². The molecule has 0 aliphatic heterocycles. The Morgan fingerprint density at radius 3 is 1.95 bits per heavy atom. The summed E-state index contributed by atoms with van der Waals surface area (Å²) in [6.07, 6.45) is 2.34. The van der Waals surface area contributed by atoms with Crippen LogP contribution in [0.3, 0.4) is 0 Å². The molecule has 3 N–H and O–H groups in total. The van der Waals surface area contributed by atoms with Crippen molar-refractivity contribution in [3.8, 4) is 28.4 Å². The van der Waals surface area contributed by atoms with Gasteiger partial charge in [0.25, 0.3) is 0 Å². The molecule has 0 unspecified atom stereocenters. The lowest BCUT2D eigenvalue weighted by atomic mass is 9.88. The van der Waals surface area contributed by atoms with Gasteiger partial charge in [-0.05, 0) is 53.6 Å². The van der Waals surface area contributed by atoms with Gasteiger partial charge in [0, 0.05) is 5.56 Å². The van der Waals surface area contributed by atoms with Crippen LogP contribution >= 0.6 is 0 Å². The maximum absolute atomic E-state index is 10.5. The highest BCUT2D eigenvalue weighted by Crippen LogP contribution is 2.39. The van der Waals surface area contributed by atoms with E-state index in [0.717, 1.165) is 40.7 Å². The van der Waals surface area contributed by atoms with E-state index >= 15 is 0 Å². The Morgan fingerprint density at radius 2 is 1.43 bits per heavy atom. The third kappa shape index (κ3) is 2.68. The number of hydrogen-bond donors (Lipinski definition) is 3. The second-order valence-corrected chi connectivity index (χ2v) is 5.16. The van der Waals surface area contributed by atoms with Crippen molar-refractivity contribution in [3.05, 3.63) is 41.0 Å². The highest BCUT2D eigenvalue weighted by molar-refractivity contribution is 5.76. The van der Waals surface area contributed by atoms with Crippen LogP contribution in [0.25, 0.3) is 11.1 Å². The van der Waals surface area contributed by atoms with Gasteiger partial charge in [-0.1, -0.05) is 32.9 Å². The van der Waals surface area contributed by atoms with Crippen LogP contribution in [0.4, 0.5) is 0 Å². The Kier molecular flexibility index (Phi) is 4.41. The van der Waals surface area contributed by atoms with Crippen LogP contribution in [-0.4, -0.2) is 15.3 Å². The summed E-state index contributed by atoms with van der Waals surface area (Å²) in [6.45, 7) is 6.12. The Morgan fingerprint density at radius 1 is 0.762 bits per heavy atom. The van der Waals surface area contributed by atoms with Gasteiger partial charge >= 0.3 is 0 Å². The first kappa shape index (κ1) is 15.2. The molecule has 0 fully saturated rings. The first-order valence-electron chi connectivity index (χ1n) is 7.42. The van der Waals surface area contributed by atoms with Gasteiger partial charge in [0.15, 0.2) is 11.5 Å². The first-order valence-corrected chi connectivity index (χ1v) is 7.42. The zero-order valence-corrected chi connectivity index (χ0v) is 12.8. The molecule has 0 amide bonds. The van der Waals surface area contributed by atoms with Gasteiger partial charge in [-0.15, -0.1) is 0 Å². The molecule has 0 saturated carbocycles. The molecule has 112 valence electrons. The number of hydrogen-bond acceptors (Lipinski definition) is 3. The summed E-state index contributed by atoms with van der Waals surface area (Å²) in [6, 6.07) is 6.84. The third-order valence-corrected chi connectivity index (χ3v) is 3.94. The maximum Gasteiger partial charge on any atom is 0.158 e. The Labute approximate surface area is 125 Å². The van der Waals surface area contributed by atoms with E-state index in [2.05, 4.69) is 6.92 Å². The highest BCUT2D eigenvalue weighted by atomic mass is 16.3. The van der Waals surface area contributed by atoms with Crippen LogP contribution in [0.15, 0.2) is 24.3 Å². The highest BCUT2D eigenvalue weighted by Gasteiger charge is 2.17. The summed E-state index contributed by atoms with van der Waals surface area (Å²) in [7, 11) is 0. The van der Waals surface area contributed by atoms with Crippen LogP contribution in [0.5, 0.6) is 17.2 Å². The van der Waals surface area contributed by atoms with Crippen molar-refractivity contribution < 1.29 is 15.3 Å².